The predicted octanol–water partition coefficient (Wildman–Crippen LogP) is 2.63. The van der Waals surface area contributed by atoms with Crippen molar-refractivity contribution in [2.45, 2.75) is 19.4 Å². The van der Waals surface area contributed by atoms with E-state index in [-0.39, 0.29) is 9.76 Å². The van der Waals surface area contributed by atoms with Crippen LogP contribution in [0.5, 0.6) is 0 Å². The van der Waals surface area contributed by atoms with Crippen molar-refractivity contribution in [3.63, 3.8) is 0 Å². The molecular weight excluding hydrogens is 188 g/mol. The Balaban J connectivity index is 2.15. The van der Waals surface area contributed by atoms with E-state index in [0.717, 1.165) is 13.0 Å². The molecule has 1 nitrogen and oxygen atoms in total. The molecule has 0 bridgehead atoms. The SMILES string of the molecule is CCO[SiH2]CCC=Cc1ccccc1. The lowest BCUT2D eigenvalue weighted by Crippen LogP contribution is -1.95. The van der Waals surface area contributed by atoms with Gasteiger partial charge in [-0.05, 0) is 25.0 Å². The second-order valence-electron chi connectivity index (χ2n) is 3.15. The average Bonchev–Trinajstić information content (AvgIpc) is 2.25. The Morgan fingerprint density at radius 1 is 1.29 bits per heavy atom. The summed E-state index contributed by atoms with van der Waals surface area (Å²) in [6, 6.07) is 11.7. The molecule has 0 atom stereocenters. The molecule has 76 valence electrons. The molecule has 0 radical (unpaired) electrons. The van der Waals surface area contributed by atoms with Crippen molar-refractivity contribution in [2.24, 2.45) is 0 Å². The highest BCUT2D eigenvalue weighted by atomic mass is 28.2. The van der Waals surface area contributed by atoms with E-state index in [0.29, 0.717) is 0 Å². The molecule has 14 heavy (non-hydrogen) atoms. The zero-order chi connectivity index (χ0) is 10.1. The molecule has 0 N–H and O–H groups in total. The van der Waals surface area contributed by atoms with Gasteiger partial charge in [0.1, 0.15) is 0 Å². The van der Waals surface area contributed by atoms with Crippen LogP contribution in [0.2, 0.25) is 6.04 Å². The highest BCUT2D eigenvalue weighted by Gasteiger charge is 1.86. The first-order valence-corrected chi connectivity index (χ1v) is 6.80. The van der Waals surface area contributed by atoms with Crippen LogP contribution in [0.3, 0.4) is 0 Å². The fourth-order valence-corrected chi connectivity index (χ4v) is 2.13. The Labute approximate surface area is 88.7 Å². The lowest BCUT2D eigenvalue weighted by molar-refractivity contribution is 0.360. The summed E-state index contributed by atoms with van der Waals surface area (Å²) in [6.45, 7) is 2.95. The van der Waals surface area contributed by atoms with E-state index in [2.05, 4.69) is 43.3 Å². The summed E-state index contributed by atoms with van der Waals surface area (Å²) < 4.78 is 5.39. The minimum absolute atomic E-state index is 0.240. The van der Waals surface area contributed by atoms with Gasteiger partial charge in [-0.3, -0.25) is 0 Å². The molecule has 0 aromatic heterocycles. The van der Waals surface area contributed by atoms with Crippen molar-refractivity contribution >= 4 is 15.8 Å². The van der Waals surface area contributed by atoms with E-state index in [1.807, 2.05) is 6.07 Å². The van der Waals surface area contributed by atoms with E-state index in [4.69, 9.17) is 4.43 Å². The van der Waals surface area contributed by atoms with Crippen LogP contribution in [-0.4, -0.2) is 16.4 Å². The van der Waals surface area contributed by atoms with E-state index < -0.39 is 0 Å². The van der Waals surface area contributed by atoms with Gasteiger partial charge in [-0.15, -0.1) is 0 Å². The number of rotatable bonds is 6. The molecule has 1 aromatic rings. The Hall–Kier alpha value is -0.863. The highest BCUT2D eigenvalue weighted by molar-refractivity contribution is 6.27. The van der Waals surface area contributed by atoms with Crippen molar-refractivity contribution in [2.75, 3.05) is 6.61 Å². The third kappa shape index (κ3) is 4.99. The molecule has 0 aliphatic rings. The van der Waals surface area contributed by atoms with Gasteiger partial charge in [0.15, 0.2) is 9.76 Å². The number of hydrogen-bond donors (Lipinski definition) is 0. The van der Waals surface area contributed by atoms with Gasteiger partial charge < -0.3 is 4.43 Å². The fourth-order valence-electron chi connectivity index (χ4n) is 1.23. The number of allylic oxidation sites excluding steroid dienone is 1. The smallest absolute Gasteiger partial charge is 0.161 e. The van der Waals surface area contributed by atoms with Crippen molar-refractivity contribution < 1.29 is 4.43 Å². The van der Waals surface area contributed by atoms with Gasteiger partial charge in [-0.1, -0.05) is 42.5 Å². The van der Waals surface area contributed by atoms with Crippen LogP contribution in [0.1, 0.15) is 18.9 Å². The molecule has 0 saturated carbocycles. The summed E-state index contributed by atoms with van der Waals surface area (Å²) in [4.78, 5) is 0. The zero-order valence-corrected chi connectivity index (χ0v) is 10.2. The summed E-state index contributed by atoms with van der Waals surface area (Å²) in [6.07, 6.45) is 5.57. The number of benzene rings is 1. The Bertz CT molecular complexity index is 256. The molecule has 1 aromatic carbocycles. The molecule has 0 amide bonds. The molecule has 0 fully saturated rings. The van der Waals surface area contributed by atoms with Crippen molar-refractivity contribution in [3.8, 4) is 0 Å². The molecule has 0 spiro atoms. The minimum Gasteiger partial charge on any atom is -0.424 e. The van der Waals surface area contributed by atoms with Crippen molar-refractivity contribution in [3.05, 3.63) is 42.0 Å². The van der Waals surface area contributed by atoms with Crippen molar-refractivity contribution in [1.82, 2.24) is 0 Å². The highest BCUT2D eigenvalue weighted by Crippen LogP contribution is 2.02. The lowest BCUT2D eigenvalue weighted by atomic mass is 10.2. The third-order valence-corrected chi connectivity index (χ3v) is 3.37. The van der Waals surface area contributed by atoms with Crippen LogP contribution < -0.4 is 0 Å². The lowest BCUT2D eigenvalue weighted by Gasteiger charge is -1.96. The largest absolute Gasteiger partial charge is 0.424 e. The summed E-state index contributed by atoms with van der Waals surface area (Å²) >= 11 is 0. The summed E-state index contributed by atoms with van der Waals surface area (Å²) in [7, 11) is -0.240. The molecule has 2 heteroatoms. The maximum Gasteiger partial charge on any atom is 0.161 e. The van der Waals surface area contributed by atoms with E-state index >= 15 is 0 Å². The third-order valence-electron chi connectivity index (χ3n) is 1.97. The molecule has 1 rings (SSSR count). The van der Waals surface area contributed by atoms with Gasteiger partial charge in [0.05, 0.1) is 0 Å². The van der Waals surface area contributed by atoms with Gasteiger partial charge in [-0.25, -0.2) is 0 Å². The standard InChI is InChI=1S/C12H18OSi/c1-2-13-14-11-7-6-10-12-8-4-3-5-9-12/h3-6,8-10H,2,7,11,14H2,1H3. The Morgan fingerprint density at radius 3 is 2.79 bits per heavy atom. The Morgan fingerprint density at radius 2 is 2.07 bits per heavy atom. The monoisotopic (exact) mass is 206 g/mol. The maximum absolute atomic E-state index is 5.39. The van der Waals surface area contributed by atoms with Gasteiger partial charge in [0, 0.05) is 6.61 Å². The summed E-state index contributed by atoms with van der Waals surface area (Å²) in [5.41, 5.74) is 1.28. The molecule has 0 heterocycles. The molecular formula is C12H18OSi. The van der Waals surface area contributed by atoms with Crippen LogP contribution in [0.25, 0.3) is 6.08 Å². The van der Waals surface area contributed by atoms with Crippen molar-refractivity contribution in [1.29, 1.82) is 0 Å². The molecule has 0 unspecified atom stereocenters. The summed E-state index contributed by atoms with van der Waals surface area (Å²) in [5.74, 6) is 0. The predicted molar refractivity (Wildman–Crippen MR) is 65.1 cm³/mol. The first-order valence-electron chi connectivity index (χ1n) is 5.23. The second kappa shape index (κ2) is 7.53. The van der Waals surface area contributed by atoms with Crippen LogP contribution in [0, 0.1) is 0 Å². The van der Waals surface area contributed by atoms with Gasteiger partial charge in [-0.2, -0.15) is 0 Å². The second-order valence-corrected chi connectivity index (χ2v) is 4.68. The quantitative estimate of drug-likeness (QED) is 0.513. The van der Waals surface area contributed by atoms with Crippen LogP contribution >= 0.6 is 0 Å². The summed E-state index contributed by atoms with van der Waals surface area (Å²) in [5, 5.41) is 0. The van der Waals surface area contributed by atoms with E-state index in [1.165, 1.54) is 11.6 Å². The first-order chi connectivity index (χ1) is 6.93. The van der Waals surface area contributed by atoms with Crippen LogP contribution in [0.15, 0.2) is 36.4 Å². The van der Waals surface area contributed by atoms with Gasteiger partial charge >= 0.3 is 0 Å². The topological polar surface area (TPSA) is 9.23 Å². The fraction of sp³-hybridized carbons (Fsp3) is 0.333. The first kappa shape index (κ1) is 11.2. The zero-order valence-electron chi connectivity index (χ0n) is 8.78. The molecule has 0 aliphatic heterocycles. The van der Waals surface area contributed by atoms with E-state index in [9.17, 15) is 0 Å². The number of hydrogen-bond acceptors (Lipinski definition) is 1. The maximum atomic E-state index is 5.39. The minimum atomic E-state index is -0.240. The Kier molecular flexibility index (Phi) is 6.03. The van der Waals surface area contributed by atoms with Crippen LogP contribution in [-0.2, 0) is 4.43 Å². The normalized spacial score (nSPS) is 11.8. The average molecular weight is 206 g/mol. The molecule has 0 saturated heterocycles. The van der Waals surface area contributed by atoms with Gasteiger partial charge in [0.2, 0.25) is 0 Å². The molecule has 0 aliphatic carbocycles. The van der Waals surface area contributed by atoms with E-state index in [1.54, 1.807) is 0 Å². The van der Waals surface area contributed by atoms with Crippen LogP contribution in [0.4, 0.5) is 0 Å². The van der Waals surface area contributed by atoms with Gasteiger partial charge in [0.25, 0.3) is 0 Å².